The van der Waals surface area contributed by atoms with Gasteiger partial charge in [0.15, 0.2) is 6.61 Å². The largest absolute Gasteiger partial charge is 0.484 e. The van der Waals surface area contributed by atoms with Gasteiger partial charge in [0, 0.05) is 31.2 Å². The Kier molecular flexibility index (Phi) is 9.53. The van der Waals surface area contributed by atoms with Crippen LogP contribution >= 0.6 is 11.6 Å². The van der Waals surface area contributed by atoms with Gasteiger partial charge in [-0.25, -0.2) is 4.98 Å². The van der Waals surface area contributed by atoms with E-state index in [1.807, 2.05) is 32.9 Å². The highest BCUT2D eigenvalue weighted by Crippen LogP contribution is 2.18. The monoisotopic (exact) mass is 490 g/mol. The van der Waals surface area contributed by atoms with Crippen LogP contribution in [0.3, 0.4) is 0 Å². The lowest BCUT2D eigenvalue weighted by molar-refractivity contribution is -0.118. The summed E-state index contributed by atoms with van der Waals surface area (Å²) >= 11 is 5.85. The number of nitrogens with one attached hydrogen (secondary N) is 1. The van der Waals surface area contributed by atoms with E-state index in [4.69, 9.17) is 21.1 Å². The van der Waals surface area contributed by atoms with E-state index in [0.717, 1.165) is 38.4 Å². The second-order valence-electron chi connectivity index (χ2n) is 9.41. The minimum absolute atomic E-state index is 0.0992. The quantitative estimate of drug-likeness (QED) is 0.556. The molecule has 1 unspecified atom stereocenters. The number of nitrogens with zero attached hydrogens (tertiary/aromatic N) is 3. The molecule has 0 spiro atoms. The summed E-state index contributed by atoms with van der Waals surface area (Å²) in [5.74, 6) is 1.19. The van der Waals surface area contributed by atoms with Crippen LogP contribution in [-0.2, 0) is 9.53 Å². The number of carbonyl (C=O) groups is 1. The van der Waals surface area contributed by atoms with Gasteiger partial charge in [0.25, 0.3) is 5.91 Å². The van der Waals surface area contributed by atoms with Gasteiger partial charge in [-0.15, -0.1) is 0 Å². The zero-order chi connectivity index (χ0) is 24.6. The van der Waals surface area contributed by atoms with E-state index >= 15 is 0 Å². The number of pyridine rings is 1. The average molecular weight is 491 g/mol. The molecule has 3 rings (SSSR count). The Labute approximate surface area is 206 Å². The molecule has 1 fully saturated rings. The van der Waals surface area contributed by atoms with Crippen LogP contribution in [0.5, 0.6) is 5.75 Å². The van der Waals surface area contributed by atoms with Crippen LogP contribution in [-0.4, -0.2) is 78.5 Å². The first-order valence-electron chi connectivity index (χ1n) is 11.6. The lowest BCUT2D eigenvalue weighted by Gasteiger charge is -2.26. The molecule has 2 heterocycles. The number of rotatable bonds is 9. The van der Waals surface area contributed by atoms with E-state index in [0.29, 0.717) is 29.6 Å². The van der Waals surface area contributed by atoms with Crippen LogP contribution < -0.4 is 15.0 Å². The average Bonchev–Trinajstić information content (AvgIpc) is 3.03. The van der Waals surface area contributed by atoms with Gasteiger partial charge in [-0.05, 0) is 70.1 Å². The number of benzene rings is 1. The summed E-state index contributed by atoms with van der Waals surface area (Å²) in [6, 6.07) is 10.6. The molecule has 0 saturated carbocycles. The van der Waals surface area contributed by atoms with E-state index in [-0.39, 0.29) is 18.1 Å². The lowest BCUT2D eigenvalue weighted by Crippen LogP contribution is -2.39. The molecule has 2 aromatic rings. The van der Waals surface area contributed by atoms with Gasteiger partial charge in [0.1, 0.15) is 11.6 Å². The molecule has 2 N–H and O–H groups in total. The molecule has 1 atom stereocenters. The van der Waals surface area contributed by atoms with E-state index < -0.39 is 6.10 Å². The summed E-state index contributed by atoms with van der Waals surface area (Å²) in [5.41, 5.74) is 0.365. The van der Waals surface area contributed by atoms with Crippen LogP contribution in [0.1, 0.15) is 27.2 Å². The number of aliphatic hydroxyl groups excluding tert-OH is 1. The van der Waals surface area contributed by atoms with Crippen LogP contribution in [0.25, 0.3) is 0 Å². The molecule has 0 radical (unpaired) electrons. The fourth-order valence-corrected chi connectivity index (χ4v) is 3.73. The van der Waals surface area contributed by atoms with Crippen molar-refractivity contribution in [1.29, 1.82) is 0 Å². The first-order valence-corrected chi connectivity index (χ1v) is 12.0. The highest BCUT2D eigenvalue weighted by atomic mass is 35.5. The van der Waals surface area contributed by atoms with Gasteiger partial charge < -0.3 is 24.8 Å². The summed E-state index contributed by atoms with van der Waals surface area (Å²) in [6.07, 6.45) is 2.14. The predicted molar refractivity (Wildman–Crippen MR) is 135 cm³/mol. The Bertz CT molecular complexity index is 903. The van der Waals surface area contributed by atoms with Crippen LogP contribution in [0.4, 0.5) is 11.5 Å². The Morgan fingerprint density at radius 2 is 1.91 bits per heavy atom. The lowest BCUT2D eigenvalue weighted by atomic mass is 10.2. The van der Waals surface area contributed by atoms with Crippen molar-refractivity contribution < 1.29 is 19.4 Å². The molecule has 8 nitrogen and oxygen atoms in total. The number of β-amino-alcohol motifs (C(OH)–C–C–N with tert-alkyl or cyclic N) is 1. The van der Waals surface area contributed by atoms with E-state index in [1.165, 1.54) is 0 Å². The second-order valence-corrected chi connectivity index (χ2v) is 9.85. The highest BCUT2D eigenvalue weighted by Gasteiger charge is 2.20. The van der Waals surface area contributed by atoms with E-state index in [1.54, 1.807) is 30.5 Å². The number of halogens is 1. The van der Waals surface area contributed by atoms with Crippen molar-refractivity contribution in [1.82, 2.24) is 9.88 Å². The van der Waals surface area contributed by atoms with Crippen LogP contribution in [0.15, 0.2) is 42.6 Å². The molecule has 1 aliphatic rings. The number of carbonyl (C=O) groups excluding carboxylic acids is 1. The van der Waals surface area contributed by atoms with E-state index in [2.05, 4.69) is 20.1 Å². The van der Waals surface area contributed by atoms with Crippen molar-refractivity contribution >= 4 is 29.0 Å². The third-order valence-electron chi connectivity index (χ3n) is 5.31. The molecule has 1 aliphatic heterocycles. The third kappa shape index (κ3) is 9.10. The van der Waals surface area contributed by atoms with Gasteiger partial charge in [-0.1, -0.05) is 11.6 Å². The number of aliphatic hydroxyl groups is 1. The topological polar surface area (TPSA) is 87.2 Å². The molecule has 0 aliphatic carbocycles. The zero-order valence-corrected chi connectivity index (χ0v) is 20.9. The number of hydrogen-bond donors (Lipinski definition) is 2. The standard InChI is InChI=1S/C25H35ClN4O4/c1-25(2,3)34-17-21(31)16-29-11-4-12-30(14-13-29)23-10-7-20(15-27-23)28-24(32)18-33-22-8-5-19(26)6-9-22/h5-10,15,21,31H,4,11-14,16-18H2,1-3H3,(H,28,32). The Morgan fingerprint density at radius 1 is 1.15 bits per heavy atom. The van der Waals surface area contributed by atoms with Crippen LogP contribution in [0.2, 0.25) is 5.02 Å². The van der Waals surface area contributed by atoms with Gasteiger partial charge in [0.05, 0.1) is 30.2 Å². The molecule has 1 aromatic heterocycles. The molecule has 1 amide bonds. The fraction of sp³-hybridized carbons (Fsp3) is 0.520. The van der Waals surface area contributed by atoms with Gasteiger partial charge in [0.2, 0.25) is 0 Å². The number of hydrogen-bond acceptors (Lipinski definition) is 7. The highest BCUT2D eigenvalue weighted by molar-refractivity contribution is 6.30. The molecule has 1 aromatic carbocycles. The number of anilines is 2. The molecule has 1 saturated heterocycles. The summed E-state index contributed by atoms with van der Waals surface area (Å²) < 4.78 is 11.2. The first-order chi connectivity index (χ1) is 16.2. The normalized spacial score (nSPS) is 16.1. The molecule has 0 bridgehead atoms. The SMILES string of the molecule is CC(C)(C)OCC(O)CN1CCCN(c2ccc(NC(=O)COc3ccc(Cl)cc3)cn2)CC1. The number of ether oxygens (including phenoxy) is 2. The van der Waals surface area contributed by atoms with E-state index in [9.17, 15) is 9.90 Å². The summed E-state index contributed by atoms with van der Waals surface area (Å²) in [5, 5.41) is 13.7. The maximum atomic E-state index is 12.2. The van der Waals surface area contributed by atoms with Crippen molar-refractivity contribution in [3.05, 3.63) is 47.6 Å². The zero-order valence-electron chi connectivity index (χ0n) is 20.2. The van der Waals surface area contributed by atoms with Gasteiger partial charge in [-0.3, -0.25) is 9.69 Å². The Hall–Kier alpha value is -2.39. The predicted octanol–water partition coefficient (Wildman–Crippen LogP) is 3.44. The Balaban J connectivity index is 1.43. The van der Waals surface area contributed by atoms with Crippen molar-refractivity contribution in [3.63, 3.8) is 0 Å². The molecular weight excluding hydrogens is 456 g/mol. The molecule has 34 heavy (non-hydrogen) atoms. The second kappa shape index (κ2) is 12.4. The van der Waals surface area contributed by atoms with Crippen LogP contribution in [0, 0.1) is 0 Å². The van der Waals surface area contributed by atoms with Gasteiger partial charge in [-0.2, -0.15) is 0 Å². The third-order valence-corrected chi connectivity index (χ3v) is 5.56. The van der Waals surface area contributed by atoms with Crippen molar-refractivity contribution in [2.24, 2.45) is 0 Å². The maximum Gasteiger partial charge on any atom is 0.262 e. The molecular formula is C25H35ClN4O4. The van der Waals surface area contributed by atoms with Crippen molar-refractivity contribution in [3.8, 4) is 5.75 Å². The van der Waals surface area contributed by atoms with Crippen molar-refractivity contribution in [2.75, 3.05) is 56.2 Å². The summed E-state index contributed by atoms with van der Waals surface area (Å²) in [7, 11) is 0. The minimum Gasteiger partial charge on any atom is -0.484 e. The van der Waals surface area contributed by atoms with Crippen molar-refractivity contribution in [2.45, 2.75) is 38.9 Å². The van der Waals surface area contributed by atoms with Gasteiger partial charge >= 0.3 is 0 Å². The summed E-state index contributed by atoms with van der Waals surface area (Å²) in [6.45, 7) is 10.3. The molecule has 186 valence electrons. The molecule has 9 heteroatoms. The maximum absolute atomic E-state index is 12.2. The minimum atomic E-state index is -0.504. The Morgan fingerprint density at radius 3 is 2.59 bits per heavy atom. The number of aromatic nitrogens is 1. The number of amides is 1. The smallest absolute Gasteiger partial charge is 0.262 e. The summed E-state index contributed by atoms with van der Waals surface area (Å²) in [4.78, 5) is 21.2. The first kappa shape index (κ1) is 26.2. The fourth-order valence-electron chi connectivity index (χ4n) is 3.60.